The van der Waals surface area contributed by atoms with Crippen LogP contribution in [0.15, 0.2) is 6.07 Å². The lowest BCUT2D eigenvalue weighted by atomic mass is 10.3. The number of methoxy groups -OCH3 is 1. The van der Waals surface area contributed by atoms with Gasteiger partial charge in [-0.15, -0.1) is 11.8 Å². The molecule has 2 rings (SSSR count). The number of aromatic nitrogens is 2. The van der Waals surface area contributed by atoms with Crippen LogP contribution in [0.25, 0.3) is 0 Å². The van der Waals surface area contributed by atoms with Crippen LogP contribution in [-0.2, 0) is 11.3 Å². The number of hydrogen-bond acceptors (Lipinski definition) is 5. The SMILES string of the molecule is COCc1cc(=S)nc(C2CSC(C)C(C)S2)[nH]1. The van der Waals surface area contributed by atoms with Gasteiger partial charge in [-0.25, -0.2) is 4.98 Å². The van der Waals surface area contributed by atoms with Gasteiger partial charge in [0.15, 0.2) is 0 Å². The zero-order valence-corrected chi connectivity index (χ0v) is 13.3. The first kappa shape index (κ1) is 14.4. The van der Waals surface area contributed by atoms with Gasteiger partial charge in [0.1, 0.15) is 10.5 Å². The Morgan fingerprint density at radius 1 is 1.50 bits per heavy atom. The van der Waals surface area contributed by atoms with Gasteiger partial charge in [-0.2, -0.15) is 11.8 Å². The first-order valence-electron chi connectivity index (χ1n) is 5.96. The summed E-state index contributed by atoms with van der Waals surface area (Å²) >= 11 is 9.21. The van der Waals surface area contributed by atoms with Crippen molar-refractivity contribution in [3.05, 3.63) is 22.2 Å². The van der Waals surface area contributed by atoms with E-state index in [2.05, 4.69) is 23.8 Å². The maximum absolute atomic E-state index is 5.22. The lowest BCUT2D eigenvalue weighted by Gasteiger charge is -2.30. The molecule has 3 atom stereocenters. The zero-order valence-electron chi connectivity index (χ0n) is 10.8. The maximum Gasteiger partial charge on any atom is 0.130 e. The first-order chi connectivity index (χ1) is 8.60. The van der Waals surface area contributed by atoms with Gasteiger partial charge >= 0.3 is 0 Å². The summed E-state index contributed by atoms with van der Waals surface area (Å²) in [7, 11) is 1.69. The van der Waals surface area contributed by atoms with E-state index in [-0.39, 0.29) is 0 Å². The number of nitrogens with one attached hydrogen (secondary N) is 1. The molecule has 1 aromatic rings. The number of aromatic amines is 1. The van der Waals surface area contributed by atoms with E-state index >= 15 is 0 Å². The Labute approximate surface area is 122 Å². The van der Waals surface area contributed by atoms with Crippen molar-refractivity contribution < 1.29 is 4.74 Å². The average Bonchev–Trinajstić information content (AvgIpc) is 2.32. The van der Waals surface area contributed by atoms with Crippen molar-refractivity contribution in [2.45, 2.75) is 36.2 Å². The summed E-state index contributed by atoms with van der Waals surface area (Å²) in [4.78, 5) is 7.82. The molecule has 1 aliphatic rings. The summed E-state index contributed by atoms with van der Waals surface area (Å²) in [5.74, 6) is 2.08. The summed E-state index contributed by atoms with van der Waals surface area (Å²) in [5, 5.41) is 1.75. The Balaban J connectivity index is 2.20. The molecule has 1 aromatic heterocycles. The van der Waals surface area contributed by atoms with Crippen molar-refractivity contribution in [1.29, 1.82) is 0 Å². The van der Waals surface area contributed by atoms with Crippen LogP contribution in [0.5, 0.6) is 0 Å². The molecule has 0 saturated carbocycles. The van der Waals surface area contributed by atoms with Crippen molar-refractivity contribution in [2.75, 3.05) is 12.9 Å². The Bertz CT molecular complexity index is 463. The van der Waals surface area contributed by atoms with Crippen LogP contribution < -0.4 is 0 Å². The fraction of sp³-hybridized carbons (Fsp3) is 0.667. The van der Waals surface area contributed by atoms with Crippen LogP contribution in [0, 0.1) is 4.64 Å². The highest BCUT2D eigenvalue weighted by Gasteiger charge is 2.28. The van der Waals surface area contributed by atoms with Crippen LogP contribution in [0.1, 0.15) is 30.6 Å². The summed E-state index contributed by atoms with van der Waals surface area (Å²) in [6, 6.07) is 1.87. The zero-order chi connectivity index (χ0) is 13.1. The minimum atomic E-state index is 0.403. The second-order valence-electron chi connectivity index (χ2n) is 4.43. The van der Waals surface area contributed by atoms with Gasteiger partial charge in [0.05, 0.1) is 11.9 Å². The molecule has 0 spiro atoms. The molecule has 100 valence electrons. The molecule has 3 unspecified atom stereocenters. The van der Waals surface area contributed by atoms with E-state index in [0.717, 1.165) is 17.3 Å². The van der Waals surface area contributed by atoms with Gasteiger partial charge in [-0.3, -0.25) is 0 Å². The highest BCUT2D eigenvalue weighted by atomic mass is 32.2. The predicted molar refractivity (Wildman–Crippen MR) is 81.8 cm³/mol. The standard InChI is InChI=1S/C12H18N2OS3/c1-7-8(2)18-10(6-17-7)12-13-9(5-15-3)4-11(16)14-12/h4,7-8,10H,5-6H2,1-3H3,(H,13,14,16). The molecule has 0 aromatic carbocycles. The highest BCUT2D eigenvalue weighted by Crippen LogP contribution is 2.43. The summed E-state index contributed by atoms with van der Waals surface area (Å²) < 4.78 is 5.79. The Morgan fingerprint density at radius 2 is 2.28 bits per heavy atom. The molecule has 1 fully saturated rings. The maximum atomic E-state index is 5.22. The lowest BCUT2D eigenvalue weighted by Crippen LogP contribution is -2.23. The van der Waals surface area contributed by atoms with Crippen molar-refractivity contribution in [1.82, 2.24) is 9.97 Å². The number of nitrogens with zero attached hydrogens (tertiary/aromatic N) is 1. The Hall–Kier alpha value is -0.0400. The monoisotopic (exact) mass is 302 g/mol. The third-order valence-corrected chi connectivity index (χ3v) is 6.58. The second kappa shape index (κ2) is 6.41. The topological polar surface area (TPSA) is 37.9 Å². The molecule has 0 amide bonds. The molecule has 1 aliphatic heterocycles. The summed E-state index contributed by atoms with van der Waals surface area (Å²) in [5.41, 5.74) is 1.00. The van der Waals surface area contributed by atoms with E-state index in [4.69, 9.17) is 17.0 Å². The minimum absolute atomic E-state index is 0.403. The Kier molecular flexibility index (Phi) is 5.12. The Morgan fingerprint density at radius 3 is 2.94 bits per heavy atom. The van der Waals surface area contributed by atoms with Crippen molar-refractivity contribution in [3.8, 4) is 0 Å². The first-order valence-corrected chi connectivity index (χ1v) is 8.36. The normalized spacial score (nSPS) is 28.3. The van der Waals surface area contributed by atoms with Crippen molar-refractivity contribution in [2.24, 2.45) is 0 Å². The average molecular weight is 302 g/mol. The van der Waals surface area contributed by atoms with E-state index in [9.17, 15) is 0 Å². The summed E-state index contributed by atoms with van der Waals surface area (Å²) in [6.45, 7) is 5.12. The molecule has 2 heterocycles. The fourth-order valence-electron chi connectivity index (χ4n) is 1.84. The van der Waals surface area contributed by atoms with Gasteiger partial charge in [-0.1, -0.05) is 26.1 Å². The number of rotatable bonds is 3. The molecule has 1 saturated heterocycles. The van der Waals surface area contributed by atoms with E-state index in [1.54, 1.807) is 7.11 Å². The fourth-order valence-corrected chi connectivity index (χ4v) is 4.95. The molecule has 6 heteroatoms. The number of H-pyrrole nitrogens is 1. The molecule has 0 aliphatic carbocycles. The van der Waals surface area contributed by atoms with Crippen molar-refractivity contribution >= 4 is 35.7 Å². The van der Waals surface area contributed by atoms with Gasteiger partial charge in [0, 0.05) is 29.1 Å². The number of hydrogen-bond donors (Lipinski definition) is 1. The number of ether oxygens (including phenoxy) is 1. The molecular weight excluding hydrogens is 284 g/mol. The van der Waals surface area contributed by atoms with E-state index in [0.29, 0.717) is 27.0 Å². The molecule has 0 radical (unpaired) electrons. The van der Waals surface area contributed by atoms with Gasteiger partial charge in [0.25, 0.3) is 0 Å². The lowest BCUT2D eigenvalue weighted by molar-refractivity contribution is 0.181. The minimum Gasteiger partial charge on any atom is -0.378 e. The molecule has 1 N–H and O–H groups in total. The van der Waals surface area contributed by atoms with Crippen LogP contribution in [0.2, 0.25) is 0 Å². The second-order valence-corrected chi connectivity index (χ2v) is 7.84. The van der Waals surface area contributed by atoms with Crippen LogP contribution in [0.3, 0.4) is 0 Å². The van der Waals surface area contributed by atoms with E-state index in [1.807, 2.05) is 29.6 Å². The smallest absolute Gasteiger partial charge is 0.130 e. The summed E-state index contributed by atoms with van der Waals surface area (Å²) in [6.07, 6.45) is 0. The molecule has 3 nitrogen and oxygen atoms in total. The van der Waals surface area contributed by atoms with E-state index in [1.165, 1.54) is 0 Å². The largest absolute Gasteiger partial charge is 0.378 e. The third kappa shape index (κ3) is 3.50. The van der Waals surface area contributed by atoms with Gasteiger partial charge in [-0.05, 0) is 6.07 Å². The predicted octanol–water partition coefficient (Wildman–Crippen LogP) is 3.58. The number of thioether (sulfide) groups is 2. The van der Waals surface area contributed by atoms with Crippen molar-refractivity contribution in [3.63, 3.8) is 0 Å². The quantitative estimate of drug-likeness (QED) is 0.864. The third-order valence-electron chi connectivity index (χ3n) is 2.97. The van der Waals surface area contributed by atoms with E-state index < -0.39 is 0 Å². The highest BCUT2D eigenvalue weighted by molar-refractivity contribution is 8.07. The van der Waals surface area contributed by atoms with Gasteiger partial charge in [0.2, 0.25) is 0 Å². The molecular formula is C12H18N2OS3. The molecule has 18 heavy (non-hydrogen) atoms. The molecule has 0 bridgehead atoms. The van der Waals surface area contributed by atoms with Crippen LogP contribution in [-0.4, -0.2) is 33.3 Å². The van der Waals surface area contributed by atoms with Crippen LogP contribution in [0.4, 0.5) is 0 Å². The van der Waals surface area contributed by atoms with Crippen LogP contribution >= 0.6 is 35.7 Å². The van der Waals surface area contributed by atoms with Gasteiger partial charge < -0.3 is 9.72 Å².